The standard InChI is InChI=1S/C24H12N2O4/c27-21-11-5-1-2-6-12(11)22(28)17-14(21)9-10-16-18(17)24(30)20(26-16)19-23(29)13-7-3-4-8-15(13)25-19/h1-10,25-26H/b20-19-. The van der Waals surface area contributed by atoms with Crippen molar-refractivity contribution in [2.45, 2.75) is 0 Å². The Morgan fingerprint density at radius 3 is 1.77 bits per heavy atom. The van der Waals surface area contributed by atoms with Crippen LogP contribution in [0.5, 0.6) is 0 Å². The summed E-state index contributed by atoms with van der Waals surface area (Å²) in [5.74, 6) is -1.44. The van der Waals surface area contributed by atoms with Gasteiger partial charge in [0.2, 0.25) is 11.6 Å². The first-order chi connectivity index (χ1) is 14.6. The average molecular weight is 392 g/mol. The average Bonchev–Trinajstić information content (AvgIpc) is 3.28. The maximum absolute atomic E-state index is 13.3. The highest BCUT2D eigenvalue weighted by molar-refractivity contribution is 6.35. The van der Waals surface area contributed by atoms with E-state index in [2.05, 4.69) is 10.6 Å². The molecule has 2 N–H and O–H groups in total. The van der Waals surface area contributed by atoms with Gasteiger partial charge in [0.1, 0.15) is 11.4 Å². The Morgan fingerprint density at radius 2 is 1.03 bits per heavy atom. The smallest absolute Gasteiger partial charge is 0.214 e. The quantitative estimate of drug-likeness (QED) is 0.445. The predicted molar refractivity (Wildman–Crippen MR) is 109 cm³/mol. The lowest BCUT2D eigenvalue weighted by Crippen LogP contribution is -2.23. The van der Waals surface area contributed by atoms with E-state index in [9.17, 15) is 19.2 Å². The van der Waals surface area contributed by atoms with Crippen LogP contribution in [0.2, 0.25) is 0 Å². The summed E-state index contributed by atoms with van der Waals surface area (Å²) >= 11 is 0. The Kier molecular flexibility index (Phi) is 3.11. The van der Waals surface area contributed by atoms with Gasteiger partial charge < -0.3 is 10.6 Å². The zero-order valence-electron chi connectivity index (χ0n) is 15.4. The van der Waals surface area contributed by atoms with Crippen LogP contribution in [0.3, 0.4) is 0 Å². The fraction of sp³-hybridized carbons (Fsp3) is 0. The highest BCUT2D eigenvalue weighted by atomic mass is 16.1. The van der Waals surface area contributed by atoms with E-state index < -0.39 is 5.78 Å². The summed E-state index contributed by atoms with van der Waals surface area (Å²) in [6, 6.07) is 16.7. The lowest BCUT2D eigenvalue weighted by atomic mass is 9.81. The monoisotopic (exact) mass is 392 g/mol. The second-order valence-electron chi connectivity index (χ2n) is 7.32. The molecule has 142 valence electrons. The third-order valence-electron chi connectivity index (χ3n) is 5.72. The summed E-state index contributed by atoms with van der Waals surface area (Å²) in [6.45, 7) is 0. The predicted octanol–water partition coefficient (Wildman–Crippen LogP) is 3.59. The van der Waals surface area contributed by atoms with Crippen LogP contribution >= 0.6 is 0 Å². The number of hydrogen-bond acceptors (Lipinski definition) is 6. The molecule has 0 unspecified atom stereocenters. The first kappa shape index (κ1) is 16.6. The molecule has 30 heavy (non-hydrogen) atoms. The van der Waals surface area contributed by atoms with Gasteiger partial charge in [0, 0.05) is 33.5 Å². The van der Waals surface area contributed by atoms with Crippen molar-refractivity contribution in [3.63, 3.8) is 0 Å². The van der Waals surface area contributed by atoms with E-state index in [-0.39, 0.29) is 51.0 Å². The number of para-hydroxylation sites is 1. The van der Waals surface area contributed by atoms with E-state index in [4.69, 9.17) is 0 Å². The second kappa shape index (κ2) is 5.61. The lowest BCUT2D eigenvalue weighted by molar-refractivity contribution is 0.0971. The van der Waals surface area contributed by atoms with Gasteiger partial charge >= 0.3 is 0 Å². The summed E-state index contributed by atoms with van der Waals surface area (Å²) < 4.78 is 0. The van der Waals surface area contributed by atoms with Crippen molar-refractivity contribution in [3.8, 4) is 0 Å². The summed E-state index contributed by atoms with van der Waals surface area (Å²) in [5.41, 5.74) is 2.76. The fourth-order valence-electron chi connectivity index (χ4n) is 4.31. The van der Waals surface area contributed by atoms with Gasteiger partial charge in [0.25, 0.3) is 0 Å². The molecule has 0 bridgehead atoms. The molecule has 3 aliphatic rings. The number of anilines is 2. The fourth-order valence-corrected chi connectivity index (χ4v) is 4.31. The molecule has 0 aromatic heterocycles. The topological polar surface area (TPSA) is 92.3 Å². The van der Waals surface area contributed by atoms with Crippen LogP contribution in [0, 0.1) is 0 Å². The Hall–Kier alpha value is -4.32. The number of carbonyl (C=O) groups is 4. The van der Waals surface area contributed by atoms with Gasteiger partial charge in [0.05, 0.1) is 11.3 Å². The van der Waals surface area contributed by atoms with Crippen LogP contribution in [-0.2, 0) is 0 Å². The van der Waals surface area contributed by atoms with Crippen LogP contribution in [0.4, 0.5) is 11.4 Å². The van der Waals surface area contributed by atoms with Crippen molar-refractivity contribution in [1.82, 2.24) is 0 Å². The van der Waals surface area contributed by atoms with E-state index in [1.807, 2.05) is 0 Å². The van der Waals surface area contributed by atoms with Gasteiger partial charge in [-0.2, -0.15) is 0 Å². The minimum Gasteiger partial charge on any atom is -0.350 e. The number of fused-ring (bicyclic) bond motifs is 5. The molecule has 6 rings (SSSR count). The molecule has 3 aromatic carbocycles. The number of rotatable bonds is 0. The molecule has 0 fully saturated rings. The first-order valence-corrected chi connectivity index (χ1v) is 9.38. The van der Waals surface area contributed by atoms with Crippen LogP contribution in [0.1, 0.15) is 52.6 Å². The lowest BCUT2D eigenvalue weighted by Gasteiger charge is -2.19. The zero-order chi connectivity index (χ0) is 20.6. The van der Waals surface area contributed by atoms with Gasteiger partial charge in [-0.15, -0.1) is 0 Å². The SMILES string of the molecule is O=C1/C(=C2/Nc3ccc4c(c3C2=O)C(=O)c2ccccc2C4=O)Nc2ccccc21. The summed E-state index contributed by atoms with van der Waals surface area (Å²) in [5, 5.41) is 5.99. The van der Waals surface area contributed by atoms with Gasteiger partial charge in [-0.1, -0.05) is 36.4 Å². The van der Waals surface area contributed by atoms with Crippen molar-refractivity contribution in [1.29, 1.82) is 0 Å². The van der Waals surface area contributed by atoms with Gasteiger partial charge in [-0.3, -0.25) is 19.2 Å². The van der Waals surface area contributed by atoms with Crippen molar-refractivity contribution >= 4 is 34.5 Å². The molecular formula is C24H12N2O4. The minimum atomic E-state index is -0.481. The van der Waals surface area contributed by atoms with Gasteiger partial charge in [0.15, 0.2) is 11.6 Å². The summed E-state index contributed by atoms with van der Waals surface area (Å²) in [6.07, 6.45) is 0. The molecule has 0 atom stereocenters. The molecule has 6 nitrogen and oxygen atoms in total. The molecule has 0 amide bonds. The maximum atomic E-state index is 13.3. The summed E-state index contributed by atoms with van der Waals surface area (Å²) in [7, 11) is 0. The third-order valence-corrected chi connectivity index (χ3v) is 5.72. The van der Waals surface area contributed by atoms with E-state index in [0.717, 1.165) is 0 Å². The Balaban J connectivity index is 1.53. The molecule has 6 heteroatoms. The Bertz CT molecular complexity index is 1410. The molecule has 1 aliphatic carbocycles. The van der Waals surface area contributed by atoms with Crippen LogP contribution < -0.4 is 10.6 Å². The molecule has 0 saturated heterocycles. The van der Waals surface area contributed by atoms with Crippen molar-refractivity contribution < 1.29 is 19.2 Å². The number of hydrogen-bond donors (Lipinski definition) is 2. The van der Waals surface area contributed by atoms with Crippen molar-refractivity contribution in [2.24, 2.45) is 0 Å². The van der Waals surface area contributed by atoms with Crippen LogP contribution in [0.25, 0.3) is 0 Å². The summed E-state index contributed by atoms with van der Waals surface area (Å²) in [4.78, 5) is 52.3. The molecule has 2 heterocycles. The van der Waals surface area contributed by atoms with E-state index in [0.29, 0.717) is 22.5 Å². The highest BCUT2D eigenvalue weighted by Gasteiger charge is 2.40. The molecule has 2 aliphatic heterocycles. The molecule has 0 radical (unpaired) electrons. The first-order valence-electron chi connectivity index (χ1n) is 9.38. The van der Waals surface area contributed by atoms with Crippen molar-refractivity contribution in [3.05, 3.63) is 105 Å². The van der Waals surface area contributed by atoms with E-state index >= 15 is 0 Å². The Labute approximate surface area is 170 Å². The largest absolute Gasteiger partial charge is 0.350 e. The van der Waals surface area contributed by atoms with Gasteiger partial charge in [-0.25, -0.2) is 0 Å². The number of benzene rings is 3. The molecule has 3 aromatic rings. The zero-order valence-corrected chi connectivity index (χ0v) is 15.4. The van der Waals surface area contributed by atoms with Crippen LogP contribution in [-0.4, -0.2) is 23.1 Å². The maximum Gasteiger partial charge on any atom is 0.214 e. The number of ketones is 4. The van der Waals surface area contributed by atoms with Crippen LogP contribution in [0.15, 0.2) is 72.1 Å². The van der Waals surface area contributed by atoms with E-state index in [1.54, 1.807) is 60.7 Å². The number of nitrogens with one attached hydrogen (secondary N) is 2. The second-order valence-corrected chi connectivity index (χ2v) is 7.32. The van der Waals surface area contributed by atoms with Crippen molar-refractivity contribution in [2.75, 3.05) is 10.6 Å². The van der Waals surface area contributed by atoms with Gasteiger partial charge in [-0.05, 0) is 24.3 Å². The third kappa shape index (κ3) is 1.97. The molecular weight excluding hydrogens is 380 g/mol. The Morgan fingerprint density at radius 1 is 0.433 bits per heavy atom. The molecule has 0 spiro atoms. The molecule has 0 saturated carbocycles. The number of Topliss-reactive ketones (excluding diaryl/α,β-unsaturated/α-hetero) is 2. The number of allylic oxidation sites excluding steroid dienone is 2. The van der Waals surface area contributed by atoms with E-state index in [1.165, 1.54) is 0 Å². The highest BCUT2D eigenvalue weighted by Crippen LogP contribution is 2.40. The normalized spacial score (nSPS) is 18.4. The minimum absolute atomic E-state index is 0.0821. The number of carbonyl (C=O) groups excluding carboxylic acids is 4.